The first-order valence-electron chi connectivity index (χ1n) is 5.48. The van der Waals surface area contributed by atoms with Crippen LogP contribution in [0.1, 0.15) is 0 Å². The summed E-state index contributed by atoms with van der Waals surface area (Å²) >= 11 is 0. The Labute approximate surface area is 130 Å². The monoisotopic (exact) mass is 395 g/mol. The van der Waals surface area contributed by atoms with Crippen molar-refractivity contribution >= 4 is 28.2 Å². The van der Waals surface area contributed by atoms with Gasteiger partial charge in [-0.15, -0.1) is 8.39 Å². The van der Waals surface area contributed by atoms with Crippen molar-refractivity contribution in [3.63, 3.8) is 0 Å². The first-order chi connectivity index (χ1) is 9.33. The molecule has 114 valence electrons. The van der Waals surface area contributed by atoms with Crippen LogP contribution in [0, 0.1) is 18.5 Å². The SMILES string of the molecule is FP1(F)=NP(F)([C]2[CH][CH-]C=C2)=NP(F)(c2ccc[cH-]2)=N1.[Fe+2]. The molecule has 0 spiro atoms. The van der Waals surface area contributed by atoms with Crippen LogP contribution in [-0.4, -0.2) is 0 Å². The second kappa shape index (κ2) is 5.83. The zero-order chi connectivity index (χ0) is 14.4. The largest absolute Gasteiger partial charge is 2.00 e. The summed E-state index contributed by atoms with van der Waals surface area (Å²) in [5.74, 6) is 0. The molecule has 1 aliphatic heterocycles. The first kappa shape index (κ1) is 17.2. The summed E-state index contributed by atoms with van der Waals surface area (Å²) < 4.78 is 66.1. The Kier molecular flexibility index (Phi) is 4.79. The summed E-state index contributed by atoms with van der Waals surface area (Å²) in [4.78, 5) is 0. The molecular formula is C10H8F4FeN3P3. The molecule has 0 bridgehead atoms. The molecule has 1 heterocycles. The molecule has 2 radical (unpaired) electrons. The number of allylic oxidation sites excluding steroid dienone is 2. The third-order valence-corrected chi connectivity index (χ3v) is 10.1. The molecule has 2 atom stereocenters. The second-order valence-corrected chi connectivity index (χ2v) is 10.3. The van der Waals surface area contributed by atoms with Crippen LogP contribution in [0.3, 0.4) is 0 Å². The van der Waals surface area contributed by atoms with Crippen LogP contribution < -0.4 is 5.30 Å². The predicted molar refractivity (Wildman–Crippen MR) is 75.1 cm³/mol. The fraction of sp³-hybridized carbons (Fsp3) is 0. The molecule has 0 fully saturated rings. The number of hydrogen-bond acceptors (Lipinski definition) is 3. The summed E-state index contributed by atoms with van der Waals surface area (Å²) in [5.41, 5.74) is -0.0966. The van der Waals surface area contributed by atoms with Crippen LogP contribution in [0.5, 0.6) is 0 Å². The minimum absolute atomic E-state index is 0. The topological polar surface area (TPSA) is 37.1 Å². The standard InChI is InChI=1S/C10H8F4N3P3.Fe/c11-18(9-5-1-2-6-9)15-19(12,10-7-3-4-8-10)17-20(13,14)16-18;/h1-8H;/q-2;+2. The van der Waals surface area contributed by atoms with Gasteiger partial charge in [0.2, 0.25) is 7.52 Å². The van der Waals surface area contributed by atoms with Crippen molar-refractivity contribution in [2.75, 3.05) is 0 Å². The Morgan fingerprint density at radius 2 is 1.76 bits per heavy atom. The van der Waals surface area contributed by atoms with Crippen molar-refractivity contribution < 1.29 is 33.9 Å². The van der Waals surface area contributed by atoms with Gasteiger partial charge in [0.1, 0.15) is 0 Å². The van der Waals surface area contributed by atoms with E-state index < -0.39 is 22.9 Å². The van der Waals surface area contributed by atoms with Gasteiger partial charge >= 0.3 is 24.9 Å². The normalized spacial score (nSPS) is 34.1. The molecule has 2 unspecified atom stereocenters. The van der Waals surface area contributed by atoms with Gasteiger partial charge in [-0.05, 0) is 5.66 Å². The van der Waals surface area contributed by atoms with Crippen molar-refractivity contribution in [2.24, 2.45) is 13.5 Å². The van der Waals surface area contributed by atoms with E-state index in [9.17, 15) is 16.8 Å². The van der Waals surface area contributed by atoms with Crippen molar-refractivity contribution in [1.29, 1.82) is 0 Å². The minimum Gasteiger partial charge on any atom is -0.231 e. The number of rotatable bonds is 2. The number of halogens is 4. The van der Waals surface area contributed by atoms with Crippen LogP contribution in [0.15, 0.2) is 50.0 Å². The summed E-state index contributed by atoms with van der Waals surface area (Å²) in [6.07, 6.45) is 5.54. The fourth-order valence-electron chi connectivity index (χ4n) is 1.81. The van der Waals surface area contributed by atoms with E-state index in [2.05, 4.69) is 13.5 Å². The molecule has 1 aromatic carbocycles. The molecular weight excluding hydrogens is 387 g/mol. The molecule has 0 amide bonds. The van der Waals surface area contributed by atoms with Crippen LogP contribution in [-0.2, 0) is 17.1 Å². The van der Waals surface area contributed by atoms with Crippen LogP contribution in [0.4, 0.5) is 16.8 Å². The minimum atomic E-state index is -5.36. The van der Waals surface area contributed by atoms with Gasteiger partial charge in [-0.25, -0.2) is 30.7 Å². The van der Waals surface area contributed by atoms with Crippen LogP contribution in [0.2, 0.25) is 0 Å². The van der Waals surface area contributed by atoms with Crippen LogP contribution in [0.25, 0.3) is 0 Å². The van der Waals surface area contributed by atoms with Gasteiger partial charge in [-0.3, -0.25) is 0 Å². The van der Waals surface area contributed by atoms with E-state index in [0.717, 1.165) is 0 Å². The summed E-state index contributed by atoms with van der Waals surface area (Å²) in [6.45, 7) is 0. The Morgan fingerprint density at radius 3 is 2.33 bits per heavy atom. The zero-order valence-corrected chi connectivity index (χ0v) is 14.0. The molecule has 0 saturated carbocycles. The smallest absolute Gasteiger partial charge is 0.231 e. The summed E-state index contributed by atoms with van der Waals surface area (Å²) in [6, 6.07) is 5.54. The van der Waals surface area contributed by atoms with E-state index in [-0.39, 0.29) is 28.0 Å². The van der Waals surface area contributed by atoms with Gasteiger partial charge in [0.15, 0.2) is 0 Å². The molecule has 21 heavy (non-hydrogen) atoms. The van der Waals surface area contributed by atoms with E-state index in [0.29, 0.717) is 0 Å². The summed E-state index contributed by atoms with van der Waals surface area (Å²) in [7, 11) is -14.2. The van der Waals surface area contributed by atoms with E-state index in [1.165, 1.54) is 49.3 Å². The Bertz CT molecular complexity index is 722. The maximum absolute atomic E-state index is 14.8. The Hall–Kier alpha value is -0.111. The third-order valence-electron chi connectivity index (χ3n) is 2.64. The average molecular weight is 395 g/mol. The van der Waals surface area contributed by atoms with E-state index in [1.54, 1.807) is 0 Å². The summed E-state index contributed by atoms with van der Waals surface area (Å²) in [5, 5.41) is -0.0966. The molecule has 3 nitrogen and oxygen atoms in total. The van der Waals surface area contributed by atoms with Crippen molar-refractivity contribution in [1.82, 2.24) is 0 Å². The van der Waals surface area contributed by atoms with Gasteiger partial charge in [0.25, 0.3) is 7.52 Å². The number of nitrogens with zero attached hydrogens (tertiary/aromatic N) is 3. The molecule has 0 saturated heterocycles. The predicted octanol–water partition coefficient (Wildman–Crippen LogP) is 6.44. The number of hydrogen-bond donors (Lipinski definition) is 0. The van der Waals surface area contributed by atoms with Crippen molar-refractivity contribution in [3.05, 3.63) is 54.9 Å². The maximum atomic E-state index is 14.8. The third kappa shape index (κ3) is 3.30. The van der Waals surface area contributed by atoms with E-state index in [1.807, 2.05) is 0 Å². The van der Waals surface area contributed by atoms with Crippen molar-refractivity contribution in [2.45, 2.75) is 0 Å². The Balaban J connectivity index is 0.00000161. The maximum Gasteiger partial charge on any atom is 2.00 e. The van der Waals surface area contributed by atoms with E-state index in [4.69, 9.17) is 0 Å². The molecule has 1 aliphatic carbocycles. The second-order valence-electron chi connectivity index (χ2n) is 4.06. The molecule has 2 aliphatic rings. The van der Waals surface area contributed by atoms with E-state index >= 15 is 0 Å². The fourth-order valence-corrected chi connectivity index (χ4v) is 9.50. The molecule has 0 aromatic heterocycles. The molecule has 0 N–H and O–H groups in total. The zero-order valence-electron chi connectivity index (χ0n) is 10.2. The van der Waals surface area contributed by atoms with Gasteiger partial charge in [-0.1, -0.05) is 11.7 Å². The average Bonchev–Trinajstić information content (AvgIpc) is 3.01. The van der Waals surface area contributed by atoms with Gasteiger partial charge in [-0.2, -0.15) is 34.1 Å². The van der Waals surface area contributed by atoms with Crippen molar-refractivity contribution in [3.8, 4) is 0 Å². The van der Waals surface area contributed by atoms with Gasteiger partial charge in [0, 0.05) is 0 Å². The van der Waals surface area contributed by atoms with Gasteiger partial charge in [0.05, 0.1) is 0 Å². The molecule has 1 aromatic rings. The Morgan fingerprint density at radius 1 is 1.00 bits per heavy atom. The first-order valence-corrected chi connectivity index (χ1v) is 10.1. The molecule has 11 heteroatoms. The van der Waals surface area contributed by atoms with Crippen LogP contribution >= 0.6 is 22.9 Å². The quantitative estimate of drug-likeness (QED) is 0.239. The molecule has 3 rings (SSSR count). The van der Waals surface area contributed by atoms with Gasteiger partial charge < -0.3 is 0 Å².